The Kier molecular flexibility index (Phi) is 10.5. The molecule has 1 fully saturated rings. The van der Waals surface area contributed by atoms with E-state index in [9.17, 15) is 9.35 Å². The van der Waals surface area contributed by atoms with Gasteiger partial charge in [-0.1, -0.05) is 51.1 Å². The minimum absolute atomic E-state index is 0.130. The number of carbonyl (C=O) groups is 1. The normalized spacial score (nSPS) is 24.2. The highest BCUT2D eigenvalue weighted by Crippen LogP contribution is 2.49. The Balaban J connectivity index is 1.43. The van der Waals surface area contributed by atoms with Crippen LogP contribution in [-0.4, -0.2) is 51.3 Å². The first-order valence-corrected chi connectivity index (χ1v) is 17.8. The molecule has 1 amide bonds. The monoisotopic (exact) mass is 646 g/mol. The standard InChI is InChI=1S/C37H50N4O4S/c1-23(2)17-28-22-44-33-19-32(34-25(5)11-9-12-26(34)6)38-35(39-33)40-46(43)30-14-10-13-27(18-30)31(28)15-16-37(7)20-29(21-37)41(8)36(42)45-24(3)4/h9-14,18-19,23-24,28-29,31H,15-17,20-22H2,1-8H3,(H,38,39,40)/t28-,29-,31?,37-,46?/m1/s1. The Morgan fingerprint density at radius 3 is 2.48 bits per heavy atom. The van der Waals surface area contributed by atoms with Crippen LogP contribution in [-0.2, 0) is 16.1 Å². The van der Waals surface area contributed by atoms with Crippen molar-refractivity contribution in [2.75, 3.05) is 18.4 Å². The lowest BCUT2D eigenvalue weighted by molar-refractivity contribution is 0.00345. The molecule has 46 heavy (non-hydrogen) atoms. The van der Waals surface area contributed by atoms with Crippen LogP contribution in [0.4, 0.5) is 10.7 Å². The van der Waals surface area contributed by atoms with Gasteiger partial charge in [0.2, 0.25) is 5.88 Å². The first-order valence-electron chi connectivity index (χ1n) is 16.6. The molecule has 1 N–H and O–H groups in total. The second kappa shape index (κ2) is 14.2. The highest BCUT2D eigenvalue weighted by molar-refractivity contribution is 7.92. The Bertz CT molecular complexity index is 1500. The third-order valence-electron chi connectivity index (χ3n) is 9.60. The molecule has 3 atom stereocenters. The van der Waals surface area contributed by atoms with E-state index < -0.39 is 11.4 Å². The van der Waals surface area contributed by atoms with Crippen LogP contribution in [0.3, 0.4) is 0 Å². The van der Waals surface area contributed by atoms with E-state index in [1.54, 1.807) is 4.90 Å². The predicted molar refractivity (Wildman–Crippen MR) is 184 cm³/mol. The average molecular weight is 647 g/mol. The van der Waals surface area contributed by atoms with Crippen molar-refractivity contribution in [1.29, 1.82) is 0 Å². The smallest absolute Gasteiger partial charge is 0.410 e. The van der Waals surface area contributed by atoms with Crippen molar-refractivity contribution in [1.82, 2.24) is 14.9 Å². The van der Waals surface area contributed by atoms with E-state index >= 15 is 0 Å². The summed E-state index contributed by atoms with van der Waals surface area (Å²) in [7, 11) is 1.85. The van der Waals surface area contributed by atoms with Gasteiger partial charge in [0.25, 0.3) is 5.95 Å². The zero-order valence-electron chi connectivity index (χ0n) is 28.6. The number of carbonyl (C=O) groups excluding carboxylic acids is 1. The number of fused-ring (bicyclic) bond motifs is 4. The second-order valence-electron chi connectivity index (χ2n) is 14.4. The van der Waals surface area contributed by atoms with Crippen molar-refractivity contribution in [3.05, 3.63) is 65.2 Å². The van der Waals surface area contributed by atoms with Crippen LogP contribution >= 0.6 is 0 Å². The Morgan fingerprint density at radius 2 is 1.80 bits per heavy atom. The van der Waals surface area contributed by atoms with E-state index in [1.807, 2.05) is 45.2 Å². The first-order chi connectivity index (χ1) is 21.8. The number of hydrogen-bond acceptors (Lipinski definition) is 7. The number of aromatic nitrogens is 2. The van der Waals surface area contributed by atoms with Crippen LogP contribution < -0.4 is 9.46 Å². The molecule has 2 unspecified atom stereocenters. The Hall–Kier alpha value is -3.30. The molecule has 0 spiro atoms. The molecule has 0 radical (unpaired) electrons. The summed E-state index contributed by atoms with van der Waals surface area (Å²) in [6.07, 6.45) is 4.51. The van der Waals surface area contributed by atoms with Crippen LogP contribution in [0.15, 0.2) is 53.4 Å². The molecular formula is C37H50N4O4S. The number of aryl methyl sites for hydroxylation is 2. The maximum absolute atomic E-state index is 13.7. The fourth-order valence-corrected chi connectivity index (χ4v) is 8.03. The molecule has 5 rings (SSSR count). The SMILES string of the molecule is Cc1cccc(C)c1-c1cc2nc(n1)N[S+]([O-])c1cccc(c1)C(CC[C@]1(C)C[C@@H](N(C)C(=O)OC(C)C)C1)[C@H](CC(C)C)CO2. The summed E-state index contributed by atoms with van der Waals surface area (Å²) in [5.74, 6) is 1.66. The van der Waals surface area contributed by atoms with Crippen molar-refractivity contribution in [2.45, 2.75) is 104 Å². The molecule has 248 valence electrons. The summed E-state index contributed by atoms with van der Waals surface area (Å²) in [5, 5.41) is 0. The molecule has 1 aromatic heterocycles. The van der Waals surface area contributed by atoms with E-state index in [0.29, 0.717) is 23.3 Å². The highest BCUT2D eigenvalue weighted by Gasteiger charge is 2.44. The number of rotatable bonds is 8. The van der Waals surface area contributed by atoms with Gasteiger partial charge in [-0.3, -0.25) is 0 Å². The lowest BCUT2D eigenvalue weighted by Gasteiger charge is -2.49. The number of anilines is 1. The largest absolute Gasteiger partial charge is 0.588 e. The number of benzene rings is 2. The van der Waals surface area contributed by atoms with E-state index in [-0.39, 0.29) is 41.4 Å². The summed E-state index contributed by atoms with van der Waals surface area (Å²) in [6.45, 7) is 15.3. The van der Waals surface area contributed by atoms with Crippen LogP contribution in [0, 0.1) is 31.1 Å². The van der Waals surface area contributed by atoms with Crippen molar-refractivity contribution in [2.24, 2.45) is 17.3 Å². The maximum atomic E-state index is 13.7. The molecular weight excluding hydrogens is 596 g/mol. The van der Waals surface area contributed by atoms with Gasteiger partial charge in [0, 0.05) is 30.6 Å². The van der Waals surface area contributed by atoms with Gasteiger partial charge in [-0.25, -0.2) is 9.78 Å². The zero-order valence-corrected chi connectivity index (χ0v) is 29.4. The molecule has 3 aromatic rings. The molecule has 2 heterocycles. The Morgan fingerprint density at radius 1 is 1.11 bits per heavy atom. The minimum Gasteiger partial charge on any atom is -0.588 e. The average Bonchev–Trinajstić information content (AvgIpc) is 2.97. The van der Waals surface area contributed by atoms with E-state index in [4.69, 9.17) is 14.5 Å². The van der Waals surface area contributed by atoms with Gasteiger partial charge < -0.3 is 18.9 Å². The molecule has 2 aromatic carbocycles. The zero-order chi connectivity index (χ0) is 33.2. The summed E-state index contributed by atoms with van der Waals surface area (Å²) in [4.78, 5) is 24.4. The number of nitrogens with one attached hydrogen (secondary N) is 1. The molecule has 9 heteroatoms. The summed E-state index contributed by atoms with van der Waals surface area (Å²) in [5.41, 5.74) is 5.31. The predicted octanol–water partition coefficient (Wildman–Crippen LogP) is 8.46. The van der Waals surface area contributed by atoms with Crippen molar-refractivity contribution in [3.8, 4) is 17.1 Å². The maximum Gasteiger partial charge on any atom is 0.410 e. The van der Waals surface area contributed by atoms with Gasteiger partial charge in [-0.2, -0.15) is 9.71 Å². The van der Waals surface area contributed by atoms with E-state index in [1.165, 1.54) is 5.56 Å². The van der Waals surface area contributed by atoms with E-state index in [2.05, 4.69) is 68.6 Å². The topological polar surface area (TPSA) is 99.6 Å². The lowest BCUT2D eigenvalue weighted by Crippen LogP contribution is -2.50. The summed E-state index contributed by atoms with van der Waals surface area (Å²) in [6, 6.07) is 16.5. The quantitative estimate of drug-likeness (QED) is 0.245. The third-order valence-corrected chi connectivity index (χ3v) is 10.7. The van der Waals surface area contributed by atoms with Crippen LogP contribution in [0.1, 0.15) is 89.3 Å². The first kappa shape index (κ1) is 34.0. The van der Waals surface area contributed by atoms with Gasteiger partial charge in [0.1, 0.15) is 11.4 Å². The molecule has 0 saturated heterocycles. The molecule has 2 aliphatic rings. The van der Waals surface area contributed by atoms with E-state index in [0.717, 1.165) is 54.5 Å². The minimum atomic E-state index is -1.56. The third kappa shape index (κ3) is 7.97. The molecule has 8 nitrogen and oxygen atoms in total. The van der Waals surface area contributed by atoms with Gasteiger partial charge in [-0.15, -0.1) is 0 Å². The fourth-order valence-electron chi connectivity index (χ4n) is 7.21. The number of amides is 1. The van der Waals surface area contributed by atoms with Gasteiger partial charge in [0.05, 0.1) is 18.4 Å². The molecule has 1 aliphatic carbocycles. The molecule has 1 saturated carbocycles. The summed E-state index contributed by atoms with van der Waals surface area (Å²) >= 11 is -1.56. The molecule has 1 aliphatic heterocycles. The van der Waals surface area contributed by atoms with Gasteiger partial charge in [-0.05, 0) is 106 Å². The van der Waals surface area contributed by atoms with Crippen molar-refractivity contribution >= 4 is 23.4 Å². The second-order valence-corrected chi connectivity index (χ2v) is 15.6. The van der Waals surface area contributed by atoms with Crippen LogP contribution in [0.5, 0.6) is 5.88 Å². The van der Waals surface area contributed by atoms with Crippen LogP contribution in [0.25, 0.3) is 11.3 Å². The van der Waals surface area contributed by atoms with Crippen molar-refractivity contribution in [3.63, 3.8) is 0 Å². The Labute approximate surface area is 278 Å². The fraction of sp³-hybridized carbons (Fsp3) is 0.541. The van der Waals surface area contributed by atoms with Crippen LogP contribution in [0.2, 0.25) is 0 Å². The number of nitrogens with zero attached hydrogens (tertiary/aromatic N) is 3. The van der Waals surface area contributed by atoms with Crippen molar-refractivity contribution < 1.29 is 18.8 Å². The van der Waals surface area contributed by atoms with Gasteiger partial charge in [0.15, 0.2) is 4.90 Å². The number of ether oxygens (including phenoxy) is 2. The van der Waals surface area contributed by atoms with Gasteiger partial charge >= 0.3 is 6.09 Å². The highest BCUT2D eigenvalue weighted by atomic mass is 32.2. The lowest BCUT2D eigenvalue weighted by atomic mass is 9.62. The number of hydrogen-bond donors (Lipinski definition) is 1. The molecule has 4 bridgehead atoms. The summed E-state index contributed by atoms with van der Waals surface area (Å²) < 4.78 is 28.7.